The van der Waals surface area contributed by atoms with E-state index in [4.69, 9.17) is 5.73 Å². The number of carbonyl (C=O) groups excluding carboxylic acids is 1. The van der Waals surface area contributed by atoms with Crippen LogP contribution in [0.3, 0.4) is 0 Å². The summed E-state index contributed by atoms with van der Waals surface area (Å²) in [6, 6.07) is 0.0107. The molecule has 2 heterocycles. The van der Waals surface area contributed by atoms with Gasteiger partial charge in [-0.15, -0.1) is 10.2 Å². The van der Waals surface area contributed by atoms with Gasteiger partial charge in [0.25, 0.3) is 0 Å². The highest BCUT2D eigenvalue weighted by atomic mass is 32.2. The number of nitrogens with two attached hydrogens (primary N) is 1. The van der Waals surface area contributed by atoms with E-state index >= 15 is 0 Å². The van der Waals surface area contributed by atoms with Crippen molar-refractivity contribution in [2.75, 3.05) is 23.0 Å². The van der Waals surface area contributed by atoms with E-state index in [9.17, 15) is 13.2 Å². The Kier molecular flexibility index (Phi) is 5.12. The molecule has 0 aromatic carbocycles. The van der Waals surface area contributed by atoms with Crippen molar-refractivity contribution < 1.29 is 13.2 Å². The summed E-state index contributed by atoms with van der Waals surface area (Å²) in [4.78, 5) is 14.6. The Morgan fingerprint density at radius 2 is 2.00 bits per heavy atom. The van der Waals surface area contributed by atoms with Gasteiger partial charge >= 0.3 is 0 Å². The minimum absolute atomic E-state index is 0.00206. The van der Waals surface area contributed by atoms with Crippen LogP contribution >= 0.6 is 23.1 Å². The highest BCUT2D eigenvalue weighted by Crippen LogP contribution is 2.31. The van der Waals surface area contributed by atoms with E-state index in [-0.39, 0.29) is 35.2 Å². The number of carbonyl (C=O) groups is 1. The van der Waals surface area contributed by atoms with Crippen molar-refractivity contribution in [3.8, 4) is 0 Å². The molecule has 128 valence electrons. The van der Waals surface area contributed by atoms with Gasteiger partial charge in [-0.1, -0.05) is 35.9 Å². The van der Waals surface area contributed by atoms with Gasteiger partial charge in [-0.05, 0) is 19.3 Å². The third-order valence-corrected chi connectivity index (χ3v) is 7.97. The van der Waals surface area contributed by atoms with Gasteiger partial charge in [0, 0.05) is 12.1 Å². The number of anilines is 1. The number of aromatic nitrogens is 2. The van der Waals surface area contributed by atoms with Gasteiger partial charge in [-0.25, -0.2) is 8.42 Å². The number of hydrogen-bond acceptors (Lipinski definition) is 8. The SMILES string of the molecule is Nc1nnc(SCC(=O)N(C2CCCC2)C2CCS(=O)(=O)C2)s1. The molecule has 0 bridgehead atoms. The Balaban J connectivity index is 1.68. The van der Waals surface area contributed by atoms with E-state index in [0.29, 0.717) is 15.9 Å². The second-order valence-corrected chi connectivity index (χ2v) is 10.5. The lowest BCUT2D eigenvalue weighted by Gasteiger charge is -2.34. The first-order chi connectivity index (χ1) is 10.9. The molecule has 3 rings (SSSR count). The maximum atomic E-state index is 12.7. The molecular weight excluding hydrogens is 356 g/mol. The second-order valence-electron chi connectivity index (χ2n) is 5.99. The predicted molar refractivity (Wildman–Crippen MR) is 91.2 cm³/mol. The Bertz CT molecular complexity index is 670. The molecular formula is C13H20N4O3S3. The van der Waals surface area contributed by atoms with Gasteiger partial charge < -0.3 is 10.6 Å². The number of thioether (sulfide) groups is 1. The van der Waals surface area contributed by atoms with Crippen LogP contribution in [0.4, 0.5) is 5.13 Å². The molecule has 1 atom stereocenters. The van der Waals surface area contributed by atoms with E-state index < -0.39 is 9.84 Å². The fraction of sp³-hybridized carbons (Fsp3) is 0.769. The molecule has 1 amide bonds. The van der Waals surface area contributed by atoms with Crippen molar-refractivity contribution in [1.29, 1.82) is 0 Å². The third-order valence-electron chi connectivity index (χ3n) is 4.35. The Labute approximate surface area is 143 Å². The van der Waals surface area contributed by atoms with Crippen LogP contribution in [0.25, 0.3) is 0 Å². The van der Waals surface area contributed by atoms with E-state index in [1.54, 1.807) is 0 Å². The first-order valence-corrected chi connectivity index (χ1v) is 11.3. The molecule has 1 aromatic rings. The molecule has 7 nitrogen and oxygen atoms in total. The summed E-state index contributed by atoms with van der Waals surface area (Å²) in [6.45, 7) is 0. The highest BCUT2D eigenvalue weighted by Gasteiger charge is 2.38. The Morgan fingerprint density at radius 1 is 1.26 bits per heavy atom. The number of rotatable bonds is 5. The normalized spacial score (nSPS) is 24.1. The fourth-order valence-electron chi connectivity index (χ4n) is 3.36. The van der Waals surface area contributed by atoms with Crippen LogP contribution < -0.4 is 5.73 Å². The molecule has 2 fully saturated rings. The number of nitrogens with zero attached hydrogens (tertiary/aromatic N) is 3. The minimum atomic E-state index is -3.00. The number of amides is 1. The van der Waals surface area contributed by atoms with Crippen LogP contribution in [-0.2, 0) is 14.6 Å². The largest absolute Gasteiger partial charge is 0.374 e. The van der Waals surface area contributed by atoms with E-state index in [1.807, 2.05) is 4.90 Å². The van der Waals surface area contributed by atoms with Crippen molar-refractivity contribution in [2.24, 2.45) is 0 Å². The Hall–Kier alpha value is -0.870. The van der Waals surface area contributed by atoms with E-state index in [0.717, 1.165) is 25.7 Å². The van der Waals surface area contributed by atoms with E-state index in [2.05, 4.69) is 10.2 Å². The van der Waals surface area contributed by atoms with Gasteiger partial charge in [-0.3, -0.25) is 4.79 Å². The maximum absolute atomic E-state index is 12.7. The van der Waals surface area contributed by atoms with Gasteiger partial charge in [0.1, 0.15) is 0 Å². The monoisotopic (exact) mass is 376 g/mol. The Morgan fingerprint density at radius 3 is 2.57 bits per heavy atom. The zero-order valence-corrected chi connectivity index (χ0v) is 15.1. The summed E-state index contributed by atoms with van der Waals surface area (Å²) in [5.74, 6) is 0.541. The number of sulfone groups is 1. The molecule has 2 aliphatic rings. The first kappa shape index (κ1) is 17.0. The van der Waals surface area contributed by atoms with Gasteiger partial charge in [-0.2, -0.15) is 0 Å². The molecule has 1 unspecified atom stereocenters. The molecule has 1 aliphatic heterocycles. The van der Waals surface area contributed by atoms with Crippen LogP contribution in [0, 0.1) is 0 Å². The minimum Gasteiger partial charge on any atom is -0.374 e. The van der Waals surface area contributed by atoms with Crippen molar-refractivity contribution in [2.45, 2.75) is 48.5 Å². The lowest BCUT2D eigenvalue weighted by molar-refractivity contribution is -0.132. The summed E-state index contributed by atoms with van der Waals surface area (Å²) in [7, 11) is -3.00. The number of hydrogen-bond donors (Lipinski definition) is 1. The number of nitrogen functional groups attached to an aromatic ring is 1. The molecule has 1 saturated carbocycles. The molecule has 1 aromatic heterocycles. The van der Waals surface area contributed by atoms with Crippen LogP contribution in [-0.4, -0.2) is 58.8 Å². The summed E-state index contributed by atoms with van der Waals surface area (Å²) >= 11 is 2.58. The summed E-state index contributed by atoms with van der Waals surface area (Å²) < 4.78 is 24.3. The molecule has 23 heavy (non-hydrogen) atoms. The van der Waals surface area contributed by atoms with Gasteiger partial charge in [0.05, 0.1) is 17.3 Å². The van der Waals surface area contributed by atoms with Crippen molar-refractivity contribution in [1.82, 2.24) is 15.1 Å². The zero-order chi connectivity index (χ0) is 16.4. The fourth-order valence-corrected chi connectivity index (χ4v) is 6.58. The lowest BCUT2D eigenvalue weighted by atomic mass is 10.1. The molecule has 10 heteroatoms. The quantitative estimate of drug-likeness (QED) is 0.769. The molecule has 0 radical (unpaired) electrons. The average molecular weight is 377 g/mol. The second kappa shape index (κ2) is 6.94. The topological polar surface area (TPSA) is 106 Å². The molecule has 1 saturated heterocycles. The van der Waals surface area contributed by atoms with Gasteiger partial charge in [0.15, 0.2) is 14.2 Å². The third kappa shape index (κ3) is 4.16. The first-order valence-electron chi connectivity index (χ1n) is 7.68. The summed E-state index contributed by atoms with van der Waals surface area (Å²) in [6.07, 6.45) is 4.71. The molecule has 1 aliphatic carbocycles. The zero-order valence-electron chi connectivity index (χ0n) is 12.7. The van der Waals surface area contributed by atoms with Crippen molar-refractivity contribution >= 4 is 44.0 Å². The van der Waals surface area contributed by atoms with Crippen molar-refractivity contribution in [3.63, 3.8) is 0 Å². The van der Waals surface area contributed by atoms with Crippen LogP contribution in [0.5, 0.6) is 0 Å². The average Bonchev–Trinajstić information content (AvgIpc) is 3.20. The predicted octanol–water partition coefficient (Wildman–Crippen LogP) is 1.17. The van der Waals surface area contributed by atoms with Crippen molar-refractivity contribution in [3.05, 3.63) is 0 Å². The van der Waals surface area contributed by atoms with Crippen LogP contribution in [0.1, 0.15) is 32.1 Å². The smallest absolute Gasteiger partial charge is 0.233 e. The van der Waals surface area contributed by atoms with Crippen LogP contribution in [0.2, 0.25) is 0 Å². The standard InChI is InChI=1S/C13H20N4O3S3/c14-12-15-16-13(22-12)21-7-11(18)17(9-3-1-2-4-9)10-5-6-23(19,20)8-10/h9-10H,1-8H2,(H2,14,15). The van der Waals surface area contributed by atoms with Gasteiger partial charge in [0.2, 0.25) is 11.0 Å². The lowest BCUT2D eigenvalue weighted by Crippen LogP contribution is -2.47. The van der Waals surface area contributed by atoms with Crippen LogP contribution in [0.15, 0.2) is 4.34 Å². The molecule has 2 N–H and O–H groups in total. The highest BCUT2D eigenvalue weighted by molar-refractivity contribution is 8.01. The summed E-state index contributed by atoms with van der Waals surface area (Å²) in [5.41, 5.74) is 5.54. The maximum Gasteiger partial charge on any atom is 0.233 e. The van der Waals surface area contributed by atoms with E-state index in [1.165, 1.54) is 23.1 Å². The summed E-state index contributed by atoms with van der Waals surface area (Å²) in [5, 5.41) is 8.02. The molecule has 0 spiro atoms.